The molecule has 5 rings (SSSR count). The van der Waals surface area contributed by atoms with Crippen LogP contribution in [0.3, 0.4) is 0 Å². The highest BCUT2D eigenvalue weighted by atomic mass is 32.2. The number of phenols is 1. The number of aromatic hydroxyl groups is 1. The van der Waals surface area contributed by atoms with Crippen LogP contribution in [0.25, 0.3) is 11.0 Å². The van der Waals surface area contributed by atoms with Crippen molar-refractivity contribution >= 4 is 34.2 Å². The molecule has 0 aliphatic carbocycles. The Balaban J connectivity index is 1.48. The van der Waals surface area contributed by atoms with Crippen molar-refractivity contribution in [2.75, 3.05) is 5.32 Å². The summed E-state index contributed by atoms with van der Waals surface area (Å²) in [5.41, 5.74) is 4.59. The number of benzene rings is 3. The Labute approximate surface area is 202 Å². The van der Waals surface area contributed by atoms with Gasteiger partial charge in [-0.2, -0.15) is 0 Å². The molecule has 5 nitrogen and oxygen atoms in total. The van der Waals surface area contributed by atoms with E-state index in [4.69, 9.17) is 4.74 Å². The zero-order chi connectivity index (χ0) is 23.3. The Bertz CT molecular complexity index is 1420. The number of ether oxygens (including phenoxy) is 1. The van der Waals surface area contributed by atoms with Crippen LogP contribution in [0.5, 0.6) is 11.5 Å². The number of aromatic nitrogens is 2. The van der Waals surface area contributed by atoms with Crippen LogP contribution < -0.4 is 10.1 Å². The number of para-hydroxylation sites is 1. The van der Waals surface area contributed by atoms with Crippen LogP contribution in [0.2, 0.25) is 0 Å². The first-order valence-corrected chi connectivity index (χ1v) is 11.7. The lowest BCUT2D eigenvalue weighted by Gasteiger charge is -2.16. The average Bonchev–Trinajstić information content (AvgIpc) is 2.86. The maximum atomic E-state index is 9.63. The Morgan fingerprint density at radius 2 is 1.71 bits per heavy atom. The lowest BCUT2D eigenvalue weighted by Crippen LogP contribution is -2.00. The highest BCUT2D eigenvalue weighted by Crippen LogP contribution is 2.37. The normalized spacial score (nSPS) is 10.9. The number of hydrogen-bond acceptors (Lipinski definition) is 6. The fourth-order valence-corrected chi connectivity index (χ4v) is 4.44. The molecule has 0 bridgehead atoms. The number of nitrogens with zero attached hydrogens (tertiary/aromatic N) is 2. The van der Waals surface area contributed by atoms with Gasteiger partial charge in [0.15, 0.2) is 5.65 Å². The molecule has 2 N–H and O–H groups in total. The molecule has 0 aliphatic heterocycles. The zero-order valence-electron chi connectivity index (χ0n) is 18.6. The number of rotatable bonds is 7. The first-order chi connectivity index (χ1) is 16.6. The number of hydrogen-bond donors (Lipinski definition) is 2. The summed E-state index contributed by atoms with van der Waals surface area (Å²) in [5, 5.41) is 14.2. The minimum atomic E-state index is 0.252. The molecule has 0 spiro atoms. The molecule has 34 heavy (non-hydrogen) atoms. The van der Waals surface area contributed by atoms with E-state index in [-0.39, 0.29) is 5.75 Å². The van der Waals surface area contributed by atoms with Crippen LogP contribution in [0.1, 0.15) is 11.3 Å². The molecule has 0 unspecified atom stereocenters. The number of aryl methyl sites for hydroxylation is 1. The second-order valence-corrected chi connectivity index (χ2v) is 8.95. The highest BCUT2D eigenvalue weighted by Gasteiger charge is 2.11. The van der Waals surface area contributed by atoms with Crippen molar-refractivity contribution in [3.8, 4) is 11.5 Å². The molecule has 5 aromatic rings. The van der Waals surface area contributed by atoms with Gasteiger partial charge < -0.3 is 15.2 Å². The standard InChI is InChI=1S/C28H23N3O2S/c1-19-7-13-24-25(15-16-29-28(24)30-19)31-26-17-20(18-33-22-5-3-2-4-6-22)8-14-27(26)34-23-11-9-21(32)10-12-23/h2-17,32H,18H2,1H3,(H,29,30,31). The molecule has 0 saturated carbocycles. The number of phenolic OH excluding ortho intramolecular Hbond substituents is 1. The Kier molecular flexibility index (Phi) is 6.31. The highest BCUT2D eigenvalue weighted by molar-refractivity contribution is 7.99. The Hall–Kier alpha value is -4.03. The largest absolute Gasteiger partial charge is 0.508 e. The fourth-order valence-electron chi connectivity index (χ4n) is 3.56. The molecular weight excluding hydrogens is 442 g/mol. The number of pyridine rings is 2. The molecule has 2 aromatic heterocycles. The van der Waals surface area contributed by atoms with Crippen LogP contribution in [0, 0.1) is 6.92 Å². The molecule has 0 fully saturated rings. The molecule has 0 saturated heterocycles. The van der Waals surface area contributed by atoms with Crippen molar-refractivity contribution in [3.05, 3.63) is 108 Å². The van der Waals surface area contributed by atoms with Gasteiger partial charge in [-0.15, -0.1) is 0 Å². The van der Waals surface area contributed by atoms with Crippen molar-refractivity contribution in [1.82, 2.24) is 9.97 Å². The van der Waals surface area contributed by atoms with E-state index in [2.05, 4.69) is 33.5 Å². The van der Waals surface area contributed by atoms with E-state index in [0.717, 1.165) is 43.6 Å². The average molecular weight is 466 g/mol. The summed E-state index contributed by atoms with van der Waals surface area (Å²) in [4.78, 5) is 11.1. The van der Waals surface area contributed by atoms with Gasteiger partial charge in [0, 0.05) is 27.1 Å². The summed E-state index contributed by atoms with van der Waals surface area (Å²) >= 11 is 1.63. The van der Waals surface area contributed by atoms with E-state index < -0.39 is 0 Å². The topological polar surface area (TPSA) is 67.3 Å². The van der Waals surface area contributed by atoms with Crippen molar-refractivity contribution < 1.29 is 9.84 Å². The van der Waals surface area contributed by atoms with Gasteiger partial charge in [-0.05, 0) is 79.2 Å². The predicted octanol–water partition coefficient (Wildman–Crippen LogP) is 7.12. The van der Waals surface area contributed by atoms with Crippen molar-refractivity contribution in [2.45, 2.75) is 23.3 Å². The van der Waals surface area contributed by atoms with Gasteiger partial charge in [0.05, 0.1) is 11.4 Å². The van der Waals surface area contributed by atoms with Gasteiger partial charge in [-0.3, -0.25) is 0 Å². The van der Waals surface area contributed by atoms with Crippen molar-refractivity contribution in [3.63, 3.8) is 0 Å². The zero-order valence-corrected chi connectivity index (χ0v) is 19.4. The Morgan fingerprint density at radius 1 is 0.882 bits per heavy atom. The SMILES string of the molecule is Cc1ccc2c(Nc3cc(COc4ccccc4)ccc3Sc3ccc(O)cc3)ccnc2n1. The molecule has 0 radical (unpaired) electrons. The summed E-state index contributed by atoms with van der Waals surface area (Å²) in [5.74, 6) is 1.09. The van der Waals surface area contributed by atoms with E-state index in [1.807, 2.05) is 67.6 Å². The molecular formula is C28H23N3O2S. The monoisotopic (exact) mass is 465 g/mol. The maximum absolute atomic E-state index is 9.63. The minimum absolute atomic E-state index is 0.252. The van der Waals surface area contributed by atoms with Crippen LogP contribution in [-0.2, 0) is 6.61 Å². The summed E-state index contributed by atoms with van der Waals surface area (Å²) in [6.45, 7) is 2.42. The number of anilines is 2. The first kappa shape index (κ1) is 21.8. The maximum Gasteiger partial charge on any atom is 0.161 e. The van der Waals surface area contributed by atoms with Gasteiger partial charge in [0.2, 0.25) is 0 Å². The molecule has 2 heterocycles. The number of fused-ring (bicyclic) bond motifs is 1. The first-order valence-electron chi connectivity index (χ1n) is 10.9. The van der Waals surface area contributed by atoms with Gasteiger partial charge in [-0.25, -0.2) is 9.97 Å². The van der Waals surface area contributed by atoms with Crippen molar-refractivity contribution in [2.24, 2.45) is 0 Å². The van der Waals surface area contributed by atoms with Crippen molar-refractivity contribution in [1.29, 1.82) is 0 Å². The molecule has 6 heteroatoms. The van der Waals surface area contributed by atoms with E-state index in [1.54, 1.807) is 30.1 Å². The van der Waals surface area contributed by atoms with Crippen LogP contribution in [0.15, 0.2) is 107 Å². The smallest absolute Gasteiger partial charge is 0.161 e. The summed E-state index contributed by atoms with van der Waals surface area (Å²) < 4.78 is 5.97. The number of nitrogens with one attached hydrogen (secondary N) is 1. The molecule has 0 amide bonds. The van der Waals surface area contributed by atoms with Gasteiger partial charge in [0.25, 0.3) is 0 Å². The third-order valence-corrected chi connectivity index (χ3v) is 6.35. The van der Waals surface area contributed by atoms with Gasteiger partial charge in [0.1, 0.15) is 18.1 Å². The molecule has 0 aliphatic rings. The molecule has 168 valence electrons. The van der Waals surface area contributed by atoms with E-state index in [0.29, 0.717) is 12.3 Å². The third-order valence-electron chi connectivity index (χ3n) is 5.27. The molecule has 3 aromatic carbocycles. The lowest BCUT2D eigenvalue weighted by molar-refractivity contribution is 0.306. The summed E-state index contributed by atoms with van der Waals surface area (Å²) in [6.07, 6.45) is 1.77. The quantitative estimate of drug-likeness (QED) is 0.267. The summed E-state index contributed by atoms with van der Waals surface area (Å²) in [7, 11) is 0. The fraction of sp³-hybridized carbons (Fsp3) is 0.0714. The summed E-state index contributed by atoms with van der Waals surface area (Å²) in [6, 6.07) is 29.3. The van der Waals surface area contributed by atoms with E-state index in [9.17, 15) is 5.11 Å². The lowest BCUT2D eigenvalue weighted by atomic mass is 10.2. The molecule has 0 atom stereocenters. The second-order valence-electron chi connectivity index (χ2n) is 7.84. The van der Waals surface area contributed by atoms with Gasteiger partial charge in [-0.1, -0.05) is 36.0 Å². The minimum Gasteiger partial charge on any atom is -0.508 e. The Morgan fingerprint density at radius 3 is 2.53 bits per heavy atom. The van der Waals surface area contributed by atoms with Crippen LogP contribution in [0.4, 0.5) is 11.4 Å². The van der Waals surface area contributed by atoms with E-state index >= 15 is 0 Å². The van der Waals surface area contributed by atoms with Crippen LogP contribution in [-0.4, -0.2) is 15.1 Å². The predicted molar refractivity (Wildman–Crippen MR) is 137 cm³/mol. The van der Waals surface area contributed by atoms with Crippen LogP contribution >= 0.6 is 11.8 Å². The van der Waals surface area contributed by atoms with E-state index in [1.165, 1.54) is 0 Å². The van der Waals surface area contributed by atoms with Gasteiger partial charge >= 0.3 is 0 Å². The second kappa shape index (κ2) is 9.85. The third kappa shape index (κ3) is 5.13.